The van der Waals surface area contributed by atoms with Gasteiger partial charge in [-0.2, -0.15) is 0 Å². The molecular weight excluding hydrogens is 269 g/mol. The quantitative estimate of drug-likeness (QED) is 0.593. The molecule has 0 aromatic heterocycles. The molecular formula is C17H28FNO2. The first-order valence-corrected chi connectivity index (χ1v) is 7.89. The van der Waals surface area contributed by atoms with Crippen molar-refractivity contribution in [2.24, 2.45) is 0 Å². The van der Waals surface area contributed by atoms with Crippen molar-refractivity contribution in [2.75, 3.05) is 26.9 Å². The van der Waals surface area contributed by atoms with Crippen LogP contribution >= 0.6 is 0 Å². The molecule has 0 atom stereocenters. The van der Waals surface area contributed by atoms with Crippen LogP contribution in [0.25, 0.3) is 0 Å². The summed E-state index contributed by atoms with van der Waals surface area (Å²) in [5.41, 5.74) is 0.861. The maximum Gasteiger partial charge on any atom is 0.165 e. The highest BCUT2D eigenvalue weighted by Gasteiger charge is 2.09. The molecule has 0 aliphatic rings. The summed E-state index contributed by atoms with van der Waals surface area (Å²) in [6.07, 6.45) is 5.83. The van der Waals surface area contributed by atoms with E-state index in [1.807, 2.05) is 6.07 Å². The van der Waals surface area contributed by atoms with Crippen LogP contribution < -0.4 is 10.1 Å². The van der Waals surface area contributed by atoms with Gasteiger partial charge in [-0.25, -0.2) is 4.39 Å². The molecule has 0 aliphatic heterocycles. The first-order valence-electron chi connectivity index (χ1n) is 7.89. The standard InChI is InChI=1S/C17H28FNO2/c1-3-4-5-6-7-12-21-17-15(9-8-10-16(17)18)14-19-11-13-20-2/h8-10,19H,3-7,11-14H2,1-2H3. The van der Waals surface area contributed by atoms with Crippen molar-refractivity contribution in [1.82, 2.24) is 5.32 Å². The Kier molecular flexibility index (Phi) is 9.83. The van der Waals surface area contributed by atoms with Crippen LogP contribution in [0, 0.1) is 5.82 Å². The van der Waals surface area contributed by atoms with Crippen molar-refractivity contribution in [3.8, 4) is 5.75 Å². The fraction of sp³-hybridized carbons (Fsp3) is 0.647. The molecule has 0 amide bonds. The molecule has 0 spiro atoms. The van der Waals surface area contributed by atoms with E-state index in [9.17, 15) is 4.39 Å². The van der Waals surface area contributed by atoms with Crippen LogP contribution in [0.3, 0.4) is 0 Å². The number of benzene rings is 1. The third kappa shape index (κ3) is 7.44. The lowest BCUT2D eigenvalue weighted by Crippen LogP contribution is -2.19. The van der Waals surface area contributed by atoms with Crippen LogP contribution in [0.1, 0.15) is 44.6 Å². The van der Waals surface area contributed by atoms with Gasteiger partial charge in [0.2, 0.25) is 0 Å². The Morgan fingerprint density at radius 2 is 1.90 bits per heavy atom. The van der Waals surface area contributed by atoms with E-state index in [1.165, 1.54) is 25.3 Å². The van der Waals surface area contributed by atoms with E-state index < -0.39 is 0 Å². The monoisotopic (exact) mass is 297 g/mol. The minimum atomic E-state index is -0.283. The Labute approximate surface area is 127 Å². The molecule has 0 aliphatic carbocycles. The predicted molar refractivity (Wildman–Crippen MR) is 84.2 cm³/mol. The smallest absolute Gasteiger partial charge is 0.165 e. The van der Waals surface area contributed by atoms with Gasteiger partial charge in [-0.1, -0.05) is 44.7 Å². The lowest BCUT2D eigenvalue weighted by atomic mass is 10.1. The molecule has 21 heavy (non-hydrogen) atoms. The minimum absolute atomic E-state index is 0.283. The Balaban J connectivity index is 2.39. The molecule has 0 heterocycles. The molecule has 0 bridgehead atoms. The van der Waals surface area contributed by atoms with Crippen molar-refractivity contribution < 1.29 is 13.9 Å². The topological polar surface area (TPSA) is 30.5 Å². The van der Waals surface area contributed by atoms with Gasteiger partial charge in [-0.3, -0.25) is 0 Å². The van der Waals surface area contributed by atoms with Gasteiger partial charge in [0.1, 0.15) is 0 Å². The zero-order valence-electron chi connectivity index (χ0n) is 13.3. The third-order valence-corrected chi connectivity index (χ3v) is 3.34. The Morgan fingerprint density at radius 1 is 1.10 bits per heavy atom. The molecule has 1 rings (SSSR count). The van der Waals surface area contributed by atoms with Gasteiger partial charge in [-0.15, -0.1) is 0 Å². The van der Waals surface area contributed by atoms with Crippen LogP contribution in [0.4, 0.5) is 4.39 Å². The summed E-state index contributed by atoms with van der Waals surface area (Å²) in [5.74, 6) is 0.104. The molecule has 4 heteroatoms. The maximum atomic E-state index is 13.9. The van der Waals surface area contributed by atoms with Gasteiger partial charge in [-0.05, 0) is 12.5 Å². The van der Waals surface area contributed by atoms with Crippen LogP contribution in [0.15, 0.2) is 18.2 Å². The van der Waals surface area contributed by atoms with Crippen molar-refractivity contribution in [3.05, 3.63) is 29.6 Å². The number of nitrogens with one attached hydrogen (secondary N) is 1. The van der Waals surface area contributed by atoms with Gasteiger partial charge < -0.3 is 14.8 Å². The predicted octanol–water partition coefficient (Wildman–Crippen LogP) is 3.91. The summed E-state index contributed by atoms with van der Waals surface area (Å²) in [7, 11) is 1.66. The molecule has 0 saturated heterocycles. The van der Waals surface area contributed by atoms with E-state index in [4.69, 9.17) is 9.47 Å². The largest absolute Gasteiger partial charge is 0.490 e. The number of hydrogen-bond donors (Lipinski definition) is 1. The second kappa shape index (κ2) is 11.5. The summed E-state index contributed by atoms with van der Waals surface area (Å²) >= 11 is 0. The highest BCUT2D eigenvalue weighted by molar-refractivity contribution is 5.34. The molecule has 0 fully saturated rings. The van der Waals surface area contributed by atoms with E-state index in [1.54, 1.807) is 13.2 Å². The lowest BCUT2D eigenvalue weighted by Gasteiger charge is -2.13. The number of rotatable bonds is 12. The van der Waals surface area contributed by atoms with E-state index in [-0.39, 0.29) is 5.82 Å². The van der Waals surface area contributed by atoms with Crippen molar-refractivity contribution in [1.29, 1.82) is 0 Å². The van der Waals surface area contributed by atoms with Crippen LogP contribution in [-0.2, 0) is 11.3 Å². The van der Waals surface area contributed by atoms with E-state index in [0.717, 1.165) is 24.9 Å². The minimum Gasteiger partial charge on any atom is -0.490 e. The molecule has 1 N–H and O–H groups in total. The number of methoxy groups -OCH3 is 1. The summed E-state index contributed by atoms with van der Waals surface area (Å²) < 4.78 is 24.5. The summed E-state index contributed by atoms with van der Waals surface area (Å²) in [6, 6.07) is 5.07. The molecule has 1 aromatic carbocycles. The fourth-order valence-electron chi connectivity index (χ4n) is 2.13. The molecule has 1 aromatic rings. The number of unbranched alkanes of at least 4 members (excludes halogenated alkanes) is 4. The van der Waals surface area contributed by atoms with Crippen molar-refractivity contribution in [3.63, 3.8) is 0 Å². The molecule has 120 valence electrons. The van der Waals surface area contributed by atoms with Crippen LogP contribution in [0.2, 0.25) is 0 Å². The molecule has 3 nitrogen and oxygen atoms in total. The van der Waals surface area contributed by atoms with Gasteiger partial charge in [0, 0.05) is 25.8 Å². The second-order valence-corrected chi connectivity index (χ2v) is 5.16. The number of para-hydroxylation sites is 1. The molecule has 0 saturated carbocycles. The van der Waals surface area contributed by atoms with E-state index >= 15 is 0 Å². The van der Waals surface area contributed by atoms with Crippen molar-refractivity contribution >= 4 is 0 Å². The average molecular weight is 297 g/mol. The number of ether oxygens (including phenoxy) is 2. The highest BCUT2D eigenvalue weighted by Crippen LogP contribution is 2.23. The normalized spacial score (nSPS) is 10.8. The Morgan fingerprint density at radius 3 is 2.67 bits per heavy atom. The second-order valence-electron chi connectivity index (χ2n) is 5.16. The van der Waals surface area contributed by atoms with E-state index in [2.05, 4.69) is 12.2 Å². The average Bonchev–Trinajstić information content (AvgIpc) is 2.49. The zero-order valence-corrected chi connectivity index (χ0v) is 13.3. The van der Waals surface area contributed by atoms with Gasteiger partial charge >= 0.3 is 0 Å². The van der Waals surface area contributed by atoms with Gasteiger partial charge in [0.25, 0.3) is 0 Å². The SMILES string of the molecule is CCCCCCCOc1c(F)cccc1CNCCOC. The van der Waals surface area contributed by atoms with Gasteiger partial charge in [0.15, 0.2) is 11.6 Å². The van der Waals surface area contributed by atoms with Crippen LogP contribution in [0.5, 0.6) is 5.75 Å². The first-order chi connectivity index (χ1) is 10.3. The Hall–Kier alpha value is -1.13. The van der Waals surface area contributed by atoms with Crippen LogP contribution in [-0.4, -0.2) is 26.9 Å². The number of hydrogen-bond acceptors (Lipinski definition) is 3. The van der Waals surface area contributed by atoms with Gasteiger partial charge in [0.05, 0.1) is 13.2 Å². The molecule has 0 radical (unpaired) electrons. The van der Waals surface area contributed by atoms with E-state index in [0.29, 0.717) is 25.5 Å². The summed E-state index contributed by atoms with van der Waals surface area (Å²) in [6.45, 7) is 4.74. The zero-order chi connectivity index (χ0) is 15.3. The third-order valence-electron chi connectivity index (χ3n) is 3.34. The lowest BCUT2D eigenvalue weighted by molar-refractivity contribution is 0.199. The fourth-order valence-corrected chi connectivity index (χ4v) is 2.13. The maximum absolute atomic E-state index is 13.9. The number of halogens is 1. The first kappa shape index (κ1) is 17.9. The van der Waals surface area contributed by atoms with Crippen molar-refractivity contribution in [2.45, 2.75) is 45.6 Å². The summed E-state index contributed by atoms with van der Waals surface area (Å²) in [4.78, 5) is 0. The summed E-state index contributed by atoms with van der Waals surface area (Å²) in [5, 5.41) is 3.22. The molecule has 0 unspecified atom stereocenters. The Bertz CT molecular complexity index is 385. The highest BCUT2D eigenvalue weighted by atomic mass is 19.1.